The summed E-state index contributed by atoms with van der Waals surface area (Å²) < 4.78 is 5.14. The minimum Gasteiger partial charge on any atom is -0.381 e. The van der Waals surface area contributed by atoms with E-state index >= 15 is 0 Å². The summed E-state index contributed by atoms with van der Waals surface area (Å²) >= 11 is 0. The third kappa shape index (κ3) is 7.59. The van der Waals surface area contributed by atoms with E-state index in [4.69, 9.17) is 10.5 Å². The average Bonchev–Trinajstić information content (AvgIpc) is 1.97. The third-order valence-electron chi connectivity index (χ3n) is 1.10. The molecule has 10 heavy (non-hydrogen) atoms. The summed E-state index contributed by atoms with van der Waals surface area (Å²) in [7, 11) is 0. The molecule has 0 fully saturated rings. The Balaban J connectivity index is 2.70. The van der Waals surface area contributed by atoms with Crippen LogP contribution in [0.4, 0.5) is 0 Å². The van der Waals surface area contributed by atoms with Crippen molar-refractivity contribution in [3.8, 4) is 0 Å². The van der Waals surface area contributed by atoms with Gasteiger partial charge in [-0.1, -0.05) is 0 Å². The molecule has 0 radical (unpaired) electrons. The number of aldehydes is 1. The first kappa shape index (κ1) is 9.59. The van der Waals surface area contributed by atoms with Gasteiger partial charge in [-0.05, 0) is 19.4 Å². The van der Waals surface area contributed by atoms with E-state index in [9.17, 15) is 4.79 Å². The molecule has 0 unspecified atom stereocenters. The van der Waals surface area contributed by atoms with Gasteiger partial charge in [-0.25, -0.2) is 0 Å². The van der Waals surface area contributed by atoms with Crippen LogP contribution in [0.3, 0.4) is 0 Å². The number of carbonyl (C=O) groups excluding carboxylic acids is 1. The molecule has 0 heterocycles. The van der Waals surface area contributed by atoms with Crippen LogP contribution in [0, 0.1) is 0 Å². The lowest BCUT2D eigenvalue weighted by Crippen LogP contribution is -2.04. The van der Waals surface area contributed by atoms with Gasteiger partial charge in [-0.3, -0.25) is 0 Å². The number of carbonyl (C=O) groups is 1. The maximum absolute atomic E-state index is 9.82. The summed E-state index contributed by atoms with van der Waals surface area (Å²) in [5.41, 5.74) is 5.23. The molecule has 0 rings (SSSR count). The lowest BCUT2D eigenvalue weighted by molar-refractivity contribution is -0.108. The standard InChI is InChI=1S/C7H15NO2/c8-4-3-7-10-6-2-1-5-9/h5H,1-4,6-8H2. The van der Waals surface area contributed by atoms with Crippen molar-refractivity contribution in [3.63, 3.8) is 0 Å². The maximum atomic E-state index is 9.82. The largest absolute Gasteiger partial charge is 0.381 e. The second-order valence-corrected chi connectivity index (χ2v) is 2.06. The fraction of sp³-hybridized carbons (Fsp3) is 0.857. The topological polar surface area (TPSA) is 52.3 Å². The van der Waals surface area contributed by atoms with Crippen molar-refractivity contribution in [1.82, 2.24) is 0 Å². The smallest absolute Gasteiger partial charge is 0.120 e. The van der Waals surface area contributed by atoms with Gasteiger partial charge in [-0.2, -0.15) is 0 Å². The Hall–Kier alpha value is -0.410. The van der Waals surface area contributed by atoms with Crippen LogP contribution in [-0.4, -0.2) is 26.0 Å². The van der Waals surface area contributed by atoms with Gasteiger partial charge in [0, 0.05) is 19.6 Å². The summed E-state index contributed by atoms with van der Waals surface area (Å²) in [5.74, 6) is 0. The van der Waals surface area contributed by atoms with Crippen LogP contribution < -0.4 is 5.73 Å². The molecule has 60 valence electrons. The Morgan fingerprint density at radius 2 is 2.00 bits per heavy atom. The van der Waals surface area contributed by atoms with Crippen molar-refractivity contribution in [1.29, 1.82) is 0 Å². The molecule has 0 aliphatic rings. The number of ether oxygens (including phenoxy) is 1. The van der Waals surface area contributed by atoms with Gasteiger partial charge in [0.05, 0.1) is 0 Å². The van der Waals surface area contributed by atoms with Crippen molar-refractivity contribution in [2.24, 2.45) is 5.73 Å². The molecular formula is C7H15NO2. The van der Waals surface area contributed by atoms with Crippen LogP contribution in [0.15, 0.2) is 0 Å². The molecule has 2 N–H and O–H groups in total. The number of nitrogens with two attached hydrogens (primary N) is 1. The summed E-state index contributed by atoms with van der Waals surface area (Å²) in [6.45, 7) is 2.07. The van der Waals surface area contributed by atoms with E-state index in [-0.39, 0.29) is 0 Å². The van der Waals surface area contributed by atoms with Crippen LogP contribution in [0.25, 0.3) is 0 Å². The second-order valence-electron chi connectivity index (χ2n) is 2.06. The fourth-order valence-electron chi connectivity index (χ4n) is 0.556. The van der Waals surface area contributed by atoms with Gasteiger partial charge in [0.2, 0.25) is 0 Å². The zero-order valence-corrected chi connectivity index (χ0v) is 6.21. The van der Waals surface area contributed by atoms with Crippen molar-refractivity contribution in [2.75, 3.05) is 19.8 Å². The van der Waals surface area contributed by atoms with Crippen LogP contribution >= 0.6 is 0 Å². The van der Waals surface area contributed by atoms with Crippen LogP contribution in [0.5, 0.6) is 0 Å². The summed E-state index contributed by atoms with van der Waals surface area (Å²) in [6, 6.07) is 0. The van der Waals surface area contributed by atoms with Crippen molar-refractivity contribution in [2.45, 2.75) is 19.3 Å². The Morgan fingerprint density at radius 1 is 1.30 bits per heavy atom. The van der Waals surface area contributed by atoms with Crippen molar-refractivity contribution >= 4 is 6.29 Å². The third-order valence-corrected chi connectivity index (χ3v) is 1.10. The Kier molecular flexibility index (Phi) is 8.24. The van der Waals surface area contributed by atoms with Crippen molar-refractivity contribution in [3.05, 3.63) is 0 Å². The Bertz CT molecular complexity index is 76.0. The molecule has 0 amide bonds. The molecule has 3 nitrogen and oxygen atoms in total. The van der Waals surface area contributed by atoms with Gasteiger partial charge in [0.25, 0.3) is 0 Å². The highest BCUT2D eigenvalue weighted by Gasteiger charge is 1.86. The minimum absolute atomic E-state index is 0.600. The second kappa shape index (κ2) is 8.59. The van der Waals surface area contributed by atoms with Crippen LogP contribution in [0.2, 0.25) is 0 Å². The Labute approximate surface area is 61.5 Å². The SMILES string of the molecule is NCCCOCCCC=O. The zero-order chi connectivity index (χ0) is 7.66. The number of unbranched alkanes of at least 4 members (excludes halogenated alkanes) is 1. The minimum atomic E-state index is 0.600. The number of rotatable bonds is 7. The number of hydrogen-bond acceptors (Lipinski definition) is 3. The predicted molar refractivity (Wildman–Crippen MR) is 39.8 cm³/mol. The lowest BCUT2D eigenvalue weighted by Gasteiger charge is -1.99. The molecule has 0 atom stereocenters. The van der Waals surface area contributed by atoms with E-state index in [1.165, 1.54) is 0 Å². The summed E-state index contributed by atoms with van der Waals surface area (Å²) in [5, 5.41) is 0. The fourth-order valence-corrected chi connectivity index (χ4v) is 0.556. The molecule has 0 aromatic rings. The van der Waals surface area contributed by atoms with Crippen LogP contribution in [-0.2, 0) is 9.53 Å². The van der Waals surface area contributed by atoms with E-state index in [1.807, 2.05) is 0 Å². The van der Waals surface area contributed by atoms with Gasteiger partial charge in [0.15, 0.2) is 0 Å². The van der Waals surface area contributed by atoms with Crippen molar-refractivity contribution < 1.29 is 9.53 Å². The summed E-state index contributed by atoms with van der Waals surface area (Å²) in [4.78, 5) is 9.82. The zero-order valence-electron chi connectivity index (χ0n) is 6.21. The highest BCUT2D eigenvalue weighted by atomic mass is 16.5. The predicted octanol–water partition coefficient (Wildman–Crippen LogP) is 0.331. The first-order valence-electron chi connectivity index (χ1n) is 3.63. The van der Waals surface area contributed by atoms with Crippen LogP contribution in [0.1, 0.15) is 19.3 Å². The molecular weight excluding hydrogens is 130 g/mol. The molecule has 0 saturated heterocycles. The maximum Gasteiger partial charge on any atom is 0.120 e. The molecule has 0 aromatic heterocycles. The highest BCUT2D eigenvalue weighted by Crippen LogP contribution is 1.87. The monoisotopic (exact) mass is 145 g/mol. The quantitative estimate of drug-likeness (QED) is 0.415. The molecule has 0 aromatic carbocycles. The average molecular weight is 145 g/mol. The molecule has 0 saturated carbocycles. The molecule has 0 spiro atoms. The Morgan fingerprint density at radius 3 is 2.60 bits per heavy atom. The normalized spacial score (nSPS) is 9.70. The molecule has 0 bridgehead atoms. The highest BCUT2D eigenvalue weighted by molar-refractivity contribution is 5.48. The summed E-state index contributed by atoms with van der Waals surface area (Å²) in [6.07, 6.45) is 3.24. The molecule has 0 aliphatic heterocycles. The van der Waals surface area contributed by atoms with Gasteiger partial charge in [-0.15, -0.1) is 0 Å². The molecule has 0 aliphatic carbocycles. The first-order valence-corrected chi connectivity index (χ1v) is 3.63. The molecule has 3 heteroatoms. The number of hydrogen-bond donors (Lipinski definition) is 1. The van der Waals surface area contributed by atoms with Gasteiger partial charge >= 0.3 is 0 Å². The van der Waals surface area contributed by atoms with Gasteiger partial charge in [0.1, 0.15) is 6.29 Å². The lowest BCUT2D eigenvalue weighted by atomic mass is 10.3. The van der Waals surface area contributed by atoms with E-state index in [1.54, 1.807) is 0 Å². The van der Waals surface area contributed by atoms with E-state index in [0.717, 1.165) is 25.7 Å². The van der Waals surface area contributed by atoms with Gasteiger partial charge < -0.3 is 15.3 Å². The van der Waals surface area contributed by atoms with E-state index in [2.05, 4.69) is 0 Å². The van der Waals surface area contributed by atoms with E-state index < -0.39 is 0 Å². The first-order chi connectivity index (χ1) is 4.91. The van der Waals surface area contributed by atoms with E-state index in [0.29, 0.717) is 19.6 Å².